The number of hydrogen-bond acceptors (Lipinski definition) is 3. The first-order valence-corrected chi connectivity index (χ1v) is 6.89. The van der Waals surface area contributed by atoms with Crippen LogP contribution in [0.1, 0.15) is 36.5 Å². The first kappa shape index (κ1) is 12.9. The Hall–Kier alpha value is -1.56. The second kappa shape index (κ2) is 5.39. The van der Waals surface area contributed by atoms with E-state index >= 15 is 0 Å². The molecule has 98 valence electrons. The molecular formula is C12H16N2O3S. The Morgan fingerprint density at radius 1 is 1.61 bits per heavy atom. The fourth-order valence-electron chi connectivity index (χ4n) is 2.27. The second-order valence-electron chi connectivity index (χ2n) is 4.30. The summed E-state index contributed by atoms with van der Waals surface area (Å²) < 4.78 is 0. The molecular weight excluding hydrogens is 252 g/mol. The zero-order valence-corrected chi connectivity index (χ0v) is 11.0. The van der Waals surface area contributed by atoms with Crippen molar-refractivity contribution in [3.63, 3.8) is 0 Å². The second-order valence-corrected chi connectivity index (χ2v) is 5.21. The van der Waals surface area contributed by atoms with Gasteiger partial charge in [0.1, 0.15) is 5.00 Å². The monoisotopic (exact) mass is 268 g/mol. The number of carbonyl (C=O) groups excluding carboxylic acids is 1. The first-order chi connectivity index (χ1) is 8.63. The van der Waals surface area contributed by atoms with Gasteiger partial charge in [0.2, 0.25) is 0 Å². The molecule has 2 N–H and O–H groups in total. The standard InChI is InChI=1S/C12H16N2O3S/c1-2-8-4-3-6-14(8)12(17)13-10-9(11(15)16)5-7-18-10/h5,7-8H,2-4,6H2,1H3,(H,13,17)(H,15,16). The molecule has 1 fully saturated rings. The van der Waals surface area contributed by atoms with Crippen LogP contribution in [0.4, 0.5) is 9.80 Å². The number of hydrogen-bond donors (Lipinski definition) is 2. The van der Waals surface area contributed by atoms with Crippen LogP contribution in [-0.4, -0.2) is 34.6 Å². The van der Waals surface area contributed by atoms with Gasteiger partial charge >= 0.3 is 12.0 Å². The number of likely N-dealkylation sites (tertiary alicyclic amines) is 1. The highest BCUT2D eigenvalue weighted by Gasteiger charge is 2.28. The molecule has 0 saturated carbocycles. The molecule has 0 radical (unpaired) electrons. The highest BCUT2D eigenvalue weighted by atomic mass is 32.1. The normalized spacial score (nSPS) is 18.9. The van der Waals surface area contributed by atoms with E-state index in [0.29, 0.717) is 5.00 Å². The molecule has 0 bridgehead atoms. The summed E-state index contributed by atoms with van der Waals surface area (Å²) >= 11 is 1.23. The van der Waals surface area contributed by atoms with Crippen LogP contribution >= 0.6 is 11.3 Å². The van der Waals surface area contributed by atoms with Gasteiger partial charge in [-0.2, -0.15) is 0 Å². The molecule has 1 aliphatic heterocycles. The van der Waals surface area contributed by atoms with Gasteiger partial charge in [-0.15, -0.1) is 11.3 Å². The highest BCUT2D eigenvalue weighted by Crippen LogP contribution is 2.26. The molecule has 2 amide bonds. The molecule has 2 heterocycles. The summed E-state index contributed by atoms with van der Waals surface area (Å²) in [5.74, 6) is -1.01. The van der Waals surface area contributed by atoms with Gasteiger partial charge in [-0.1, -0.05) is 6.92 Å². The average molecular weight is 268 g/mol. The van der Waals surface area contributed by atoms with Gasteiger partial charge in [0.05, 0.1) is 5.56 Å². The van der Waals surface area contributed by atoms with Crippen molar-refractivity contribution < 1.29 is 14.7 Å². The minimum atomic E-state index is -1.01. The molecule has 1 atom stereocenters. The zero-order chi connectivity index (χ0) is 13.1. The number of nitrogens with zero attached hydrogens (tertiary/aromatic N) is 1. The van der Waals surface area contributed by atoms with E-state index in [9.17, 15) is 9.59 Å². The van der Waals surface area contributed by atoms with Crippen molar-refractivity contribution in [3.8, 4) is 0 Å². The number of rotatable bonds is 3. The van der Waals surface area contributed by atoms with Crippen LogP contribution in [0.2, 0.25) is 0 Å². The Labute approximate surface area is 109 Å². The van der Waals surface area contributed by atoms with E-state index in [0.717, 1.165) is 25.8 Å². The molecule has 18 heavy (non-hydrogen) atoms. The summed E-state index contributed by atoms with van der Waals surface area (Å²) in [7, 11) is 0. The fourth-order valence-corrected chi connectivity index (χ4v) is 3.04. The summed E-state index contributed by atoms with van der Waals surface area (Å²) in [6, 6.07) is 1.59. The Morgan fingerprint density at radius 2 is 2.39 bits per heavy atom. The maximum atomic E-state index is 12.1. The highest BCUT2D eigenvalue weighted by molar-refractivity contribution is 7.14. The Balaban J connectivity index is 2.07. The number of nitrogens with one attached hydrogen (secondary N) is 1. The minimum Gasteiger partial charge on any atom is -0.478 e. The van der Waals surface area contributed by atoms with Crippen molar-refractivity contribution in [1.29, 1.82) is 0 Å². The first-order valence-electron chi connectivity index (χ1n) is 6.02. The van der Waals surface area contributed by atoms with Crippen molar-refractivity contribution in [2.45, 2.75) is 32.2 Å². The predicted molar refractivity (Wildman–Crippen MR) is 70.3 cm³/mol. The minimum absolute atomic E-state index is 0.153. The number of aromatic carboxylic acids is 1. The zero-order valence-electron chi connectivity index (χ0n) is 10.2. The van der Waals surface area contributed by atoms with Crippen LogP contribution in [0, 0.1) is 0 Å². The van der Waals surface area contributed by atoms with Gasteiger partial charge in [-0.3, -0.25) is 5.32 Å². The number of carboxylic acids is 1. The molecule has 2 rings (SSSR count). The summed E-state index contributed by atoms with van der Waals surface area (Å²) in [6.07, 6.45) is 2.98. The molecule has 1 aliphatic rings. The lowest BCUT2D eigenvalue weighted by Gasteiger charge is -2.23. The quantitative estimate of drug-likeness (QED) is 0.885. The van der Waals surface area contributed by atoms with Crippen LogP contribution in [0.25, 0.3) is 0 Å². The van der Waals surface area contributed by atoms with Gasteiger partial charge in [-0.25, -0.2) is 9.59 Å². The van der Waals surface area contributed by atoms with E-state index in [1.807, 2.05) is 0 Å². The third-order valence-electron chi connectivity index (χ3n) is 3.23. The van der Waals surface area contributed by atoms with E-state index in [-0.39, 0.29) is 17.6 Å². The number of thiophene rings is 1. The molecule has 1 aromatic rings. The molecule has 1 unspecified atom stereocenters. The maximum Gasteiger partial charge on any atom is 0.338 e. The van der Waals surface area contributed by atoms with Crippen LogP contribution in [0.5, 0.6) is 0 Å². The van der Waals surface area contributed by atoms with Crippen molar-refractivity contribution in [2.75, 3.05) is 11.9 Å². The van der Waals surface area contributed by atoms with Gasteiger partial charge in [-0.05, 0) is 30.7 Å². The SMILES string of the molecule is CCC1CCCN1C(=O)Nc1sccc1C(=O)O. The van der Waals surface area contributed by atoms with Crippen LogP contribution in [-0.2, 0) is 0 Å². The molecule has 1 saturated heterocycles. The van der Waals surface area contributed by atoms with Gasteiger partial charge in [0.25, 0.3) is 0 Å². The topological polar surface area (TPSA) is 69.6 Å². The number of carboxylic acid groups (broad SMARTS) is 1. The van der Waals surface area contributed by atoms with E-state index in [1.54, 1.807) is 10.3 Å². The Bertz CT molecular complexity index is 458. The maximum absolute atomic E-state index is 12.1. The van der Waals surface area contributed by atoms with Crippen molar-refractivity contribution in [2.24, 2.45) is 0 Å². The molecule has 6 heteroatoms. The van der Waals surface area contributed by atoms with E-state index in [4.69, 9.17) is 5.11 Å². The molecule has 0 aromatic carbocycles. The Morgan fingerprint density at radius 3 is 3.06 bits per heavy atom. The number of carbonyl (C=O) groups is 2. The number of amides is 2. The summed E-state index contributed by atoms with van der Waals surface area (Å²) in [5.41, 5.74) is 0.153. The van der Waals surface area contributed by atoms with Crippen molar-refractivity contribution >= 4 is 28.3 Å². The van der Waals surface area contributed by atoms with E-state index in [2.05, 4.69) is 12.2 Å². The lowest BCUT2D eigenvalue weighted by atomic mass is 10.2. The van der Waals surface area contributed by atoms with Crippen LogP contribution in [0.15, 0.2) is 11.4 Å². The lowest BCUT2D eigenvalue weighted by Crippen LogP contribution is -2.38. The van der Waals surface area contributed by atoms with Crippen LogP contribution < -0.4 is 5.32 Å². The predicted octanol–water partition coefficient (Wildman–Crippen LogP) is 2.85. The van der Waals surface area contributed by atoms with Crippen molar-refractivity contribution in [1.82, 2.24) is 4.90 Å². The third-order valence-corrected chi connectivity index (χ3v) is 4.06. The van der Waals surface area contributed by atoms with Gasteiger partial charge in [0, 0.05) is 12.6 Å². The largest absolute Gasteiger partial charge is 0.478 e. The van der Waals surface area contributed by atoms with Crippen molar-refractivity contribution in [3.05, 3.63) is 17.0 Å². The summed E-state index contributed by atoms with van der Waals surface area (Å²) in [4.78, 5) is 24.8. The van der Waals surface area contributed by atoms with Crippen LogP contribution in [0.3, 0.4) is 0 Å². The molecule has 5 nitrogen and oxygen atoms in total. The Kier molecular flexibility index (Phi) is 3.86. The third kappa shape index (κ3) is 2.48. The summed E-state index contributed by atoms with van der Waals surface area (Å²) in [6.45, 7) is 2.81. The fraction of sp³-hybridized carbons (Fsp3) is 0.500. The summed E-state index contributed by atoms with van der Waals surface area (Å²) in [5, 5.41) is 13.8. The molecule has 1 aromatic heterocycles. The van der Waals surface area contributed by atoms with Gasteiger partial charge in [0.15, 0.2) is 0 Å². The molecule has 0 spiro atoms. The average Bonchev–Trinajstić information content (AvgIpc) is 2.96. The smallest absolute Gasteiger partial charge is 0.338 e. The van der Waals surface area contributed by atoms with E-state index in [1.165, 1.54) is 17.4 Å². The number of anilines is 1. The molecule has 0 aliphatic carbocycles. The van der Waals surface area contributed by atoms with Gasteiger partial charge < -0.3 is 10.0 Å². The lowest BCUT2D eigenvalue weighted by molar-refractivity contribution is 0.0698. The number of urea groups is 1. The van der Waals surface area contributed by atoms with E-state index < -0.39 is 5.97 Å².